The van der Waals surface area contributed by atoms with Crippen LogP contribution in [0.1, 0.15) is 15.9 Å². The Balaban J connectivity index is 1.39. The second-order valence-electron chi connectivity index (χ2n) is 6.94. The van der Waals surface area contributed by atoms with Gasteiger partial charge in [-0.05, 0) is 56.6 Å². The lowest BCUT2D eigenvalue weighted by Gasteiger charge is -2.25. The van der Waals surface area contributed by atoms with Gasteiger partial charge in [-0.2, -0.15) is 0 Å². The van der Waals surface area contributed by atoms with Crippen LogP contribution in [0.15, 0.2) is 84.9 Å². The Morgan fingerprint density at radius 2 is 0.769 bits per heavy atom. The van der Waals surface area contributed by atoms with Crippen molar-refractivity contribution in [2.45, 2.75) is 0 Å². The molecule has 0 unspecified atom stereocenters. The number of fused-ring (bicyclic) bond motifs is 8. The Kier molecular flexibility index (Phi) is 2.55. The third-order valence-electron chi connectivity index (χ3n) is 5.58. The van der Waals surface area contributed by atoms with Gasteiger partial charge in [-0.25, -0.2) is 0 Å². The first kappa shape index (κ1) is 13.8. The standard InChI is InChI=1S/C25H14O/c26-25(15-9-11-21-17-5-1-3-7-19(17)23(21)13-15)16-10-12-22-18-6-2-4-8-20(18)24(22)14-16/h1-14H. The molecule has 0 aliphatic heterocycles. The van der Waals surface area contributed by atoms with E-state index in [1.54, 1.807) is 0 Å². The summed E-state index contributed by atoms with van der Waals surface area (Å²) in [5.41, 5.74) is 11.4. The molecule has 2 aliphatic rings. The van der Waals surface area contributed by atoms with Crippen molar-refractivity contribution in [2.75, 3.05) is 0 Å². The maximum absolute atomic E-state index is 13.0. The van der Waals surface area contributed by atoms with E-state index in [1.807, 2.05) is 36.4 Å². The fourth-order valence-corrected chi connectivity index (χ4v) is 4.23. The number of hydrogen-bond donors (Lipinski definition) is 0. The van der Waals surface area contributed by atoms with Gasteiger partial charge >= 0.3 is 0 Å². The van der Waals surface area contributed by atoms with Crippen molar-refractivity contribution in [1.29, 1.82) is 0 Å². The summed E-state index contributed by atoms with van der Waals surface area (Å²) < 4.78 is 0. The first-order valence-corrected chi connectivity index (χ1v) is 8.83. The Labute approximate surface area is 151 Å². The first-order chi connectivity index (χ1) is 12.8. The summed E-state index contributed by atoms with van der Waals surface area (Å²) in [5, 5.41) is 0. The van der Waals surface area contributed by atoms with Crippen LogP contribution in [0.2, 0.25) is 0 Å². The van der Waals surface area contributed by atoms with Gasteiger partial charge in [0.15, 0.2) is 5.78 Å². The molecule has 4 aromatic rings. The van der Waals surface area contributed by atoms with Gasteiger partial charge in [-0.1, -0.05) is 72.8 Å². The van der Waals surface area contributed by atoms with E-state index in [4.69, 9.17) is 0 Å². The smallest absolute Gasteiger partial charge is 0.193 e. The molecule has 1 nitrogen and oxygen atoms in total. The monoisotopic (exact) mass is 330 g/mol. The second kappa shape index (κ2) is 4.80. The van der Waals surface area contributed by atoms with E-state index in [0.29, 0.717) is 0 Å². The number of carbonyl (C=O) groups excluding carboxylic acids is 1. The maximum Gasteiger partial charge on any atom is 0.193 e. The molecule has 0 N–H and O–H groups in total. The van der Waals surface area contributed by atoms with Crippen LogP contribution in [0.25, 0.3) is 44.5 Å². The molecule has 0 heterocycles. The molecule has 0 saturated heterocycles. The summed E-state index contributed by atoms with van der Waals surface area (Å²) in [5.74, 6) is 0.0874. The predicted molar refractivity (Wildman–Crippen MR) is 105 cm³/mol. The second-order valence-corrected chi connectivity index (χ2v) is 6.94. The molecule has 0 radical (unpaired) electrons. The Hall–Kier alpha value is -3.45. The van der Waals surface area contributed by atoms with Crippen LogP contribution >= 0.6 is 0 Å². The molecule has 0 amide bonds. The van der Waals surface area contributed by atoms with Gasteiger partial charge in [0, 0.05) is 11.1 Å². The van der Waals surface area contributed by atoms with Crippen LogP contribution < -0.4 is 0 Å². The number of carbonyl (C=O) groups is 1. The fourth-order valence-electron chi connectivity index (χ4n) is 4.23. The minimum atomic E-state index is 0.0874. The highest BCUT2D eigenvalue weighted by atomic mass is 16.1. The molecule has 1 heteroatoms. The molecule has 120 valence electrons. The molecule has 26 heavy (non-hydrogen) atoms. The van der Waals surface area contributed by atoms with E-state index in [0.717, 1.165) is 11.1 Å². The van der Waals surface area contributed by atoms with Crippen molar-refractivity contribution in [2.24, 2.45) is 0 Å². The Bertz CT molecular complexity index is 1150. The van der Waals surface area contributed by atoms with Crippen LogP contribution in [-0.4, -0.2) is 5.78 Å². The van der Waals surface area contributed by atoms with Gasteiger partial charge in [0.1, 0.15) is 0 Å². The van der Waals surface area contributed by atoms with Crippen LogP contribution in [0.4, 0.5) is 0 Å². The van der Waals surface area contributed by atoms with Crippen molar-refractivity contribution in [3.05, 3.63) is 96.1 Å². The third-order valence-corrected chi connectivity index (χ3v) is 5.58. The van der Waals surface area contributed by atoms with Gasteiger partial charge in [0.05, 0.1) is 0 Å². The molecular weight excluding hydrogens is 316 g/mol. The van der Waals surface area contributed by atoms with Crippen LogP contribution in [0.3, 0.4) is 0 Å². The van der Waals surface area contributed by atoms with Gasteiger partial charge in [-0.3, -0.25) is 4.79 Å². The summed E-state index contributed by atoms with van der Waals surface area (Å²) >= 11 is 0. The van der Waals surface area contributed by atoms with Crippen molar-refractivity contribution >= 4 is 5.78 Å². The highest BCUT2D eigenvalue weighted by Gasteiger charge is 2.25. The minimum absolute atomic E-state index is 0.0874. The van der Waals surface area contributed by atoms with E-state index in [9.17, 15) is 4.79 Å². The molecule has 0 aromatic heterocycles. The molecule has 2 aliphatic carbocycles. The van der Waals surface area contributed by atoms with E-state index >= 15 is 0 Å². The lowest BCUT2D eigenvalue weighted by molar-refractivity contribution is 0.103. The summed E-state index contributed by atoms with van der Waals surface area (Å²) in [6.07, 6.45) is 0. The van der Waals surface area contributed by atoms with Gasteiger partial charge in [0.2, 0.25) is 0 Å². The van der Waals surface area contributed by atoms with E-state index < -0.39 is 0 Å². The van der Waals surface area contributed by atoms with Crippen LogP contribution in [0, 0.1) is 0 Å². The zero-order valence-corrected chi connectivity index (χ0v) is 14.0. The molecular formula is C25H14O. The van der Waals surface area contributed by atoms with Crippen molar-refractivity contribution < 1.29 is 4.79 Å². The Morgan fingerprint density at radius 1 is 0.423 bits per heavy atom. The number of rotatable bonds is 2. The van der Waals surface area contributed by atoms with Crippen LogP contribution in [0.5, 0.6) is 0 Å². The molecule has 0 atom stereocenters. The number of ketones is 1. The normalized spacial score (nSPS) is 12.0. The summed E-state index contributed by atoms with van der Waals surface area (Å²) in [6, 6.07) is 28.8. The Morgan fingerprint density at radius 3 is 1.19 bits per heavy atom. The quantitative estimate of drug-likeness (QED) is 0.345. The molecule has 4 aromatic carbocycles. The van der Waals surface area contributed by atoms with Gasteiger partial charge in [-0.15, -0.1) is 0 Å². The topological polar surface area (TPSA) is 17.1 Å². The molecule has 0 bridgehead atoms. The predicted octanol–water partition coefficient (Wildman–Crippen LogP) is 6.21. The summed E-state index contributed by atoms with van der Waals surface area (Å²) in [7, 11) is 0. The highest BCUT2D eigenvalue weighted by Crippen LogP contribution is 2.48. The maximum atomic E-state index is 13.0. The van der Waals surface area contributed by atoms with Gasteiger partial charge < -0.3 is 0 Å². The van der Waals surface area contributed by atoms with Crippen molar-refractivity contribution in [3.63, 3.8) is 0 Å². The van der Waals surface area contributed by atoms with Crippen LogP contribution in [-0.2, 0) is 0 Å². The molecule has 0 saturated carbocycles. The number of benzene rings is 4. The van der Waals surface area contributed by atoms with E-state index in [-0.39, 0.29) is 5.78 Å². The lowest BCUT2D eigenvalue weighted by Crippen LogP contribution is -2.07. The van der Waals surface area contributed by atoms with Crippen molar-refractivity contribution in [3.8, 4) is 44.5 Å². The van der Waals surface area contributed by atoms with E-state index in [1.165, 1.54) is 44.5 Å². The summed E-state index contributed by atoms with van der Waals surface area (Å²) in [4.78, 5) is 13.0. The fraction of sp³-hybridized carbons (Fsp3) is 0. The number of hydrogen-bond acceptors (Lipinski definition) is 1. The zero-order chi connectivity index (χ0) is 17.3. The average Bonchev–Trinajstić information content (AvgIpc) is 2.69. The highest BCUT2D eigenvalue weighted by molar-refractivity contribution is 6.14. The first-order valence-electron chi connectivity index (χ1n) is 8.83. The SMILES string of the molecule is O=C(c1ccc2c(c1)-c1ccccc1-2)c1ccc2c(c1)-c1ccccc1-2. The minimum Gasteiger partial charge on any atom is -0.289 e. The average molecular weight is 330 g/mol. The van der Waals surface area contributed by atoms with Gasteiger partial charge in [0.25, 0.3) is 0 Å². The molecule has 0 spiro atoms. The lowest BCUT2D eigenvalue weighted by atomic mass is 9.78. The van der Waals surface area contributed by atoms with Crippen molar-refractivity contribution in [1.82, 2.24) is 0 Å². The zero-order valence-electron chi connectivity index (χ0n) is 14.0. The third kappa shape index (κ3) is 1.67. The molecule has 6 rings (SSSR count). The largest absolute Gasteiger partial charge is 0.289 e. The summed E-state index contributed by atoms with van der Waals surface area (Å²) in [6.45, 7) is 0. The van der Waals surface area contributed by atoms with E-state index in [2.05, 4.69) is 48.5 Å². The molecule has 0 fully saturated rings.